The van der Waals surface area contributed by atoms with Gasteiger partial charge in [0, 0.05) is 39.3 Å². The average Bonchev–Trinajstić information content (AvgIpc) is 2.64. The zero-order valence-corrected chi connectivity index (χ0v) is 19.5. The van der Waals surface area contributed by atoms with Gasteiger partial charge in [0.1, 0.15) is 17.7 Å². The molecule has 0 bridgehead atoms. The van der Waals surface area contributed by atoms with Crippen molar-refractivity contribution in [3.05, 3.63) is 30.1 Å². The van der Waals surface area contributed by atoms with E-state index < -0.39 is 9.84 Å². The number of hydrogen-bond acceptors (Lipinski definition) is 5. The molecule has 1 heterocycles. The normalized spacial score (nSPS) is 18.0. The molecule has 0 amide bonds. The van der Waals surface area contributed by atoms with E-state index in [2.05, 4.69) is 20.5 Å². The van der Waals surface area contributed by atoms with Crippen LogP contribution in [0.5, 0.6) is 5.75 Å². The van der Waals surface area contributed by atoms with Gasteiger partial charge in [-0.1, -0.05) is 13.0 Å². The van der Waals surface area contributed by atoms with E-state index in [1.807, 2.05) is 6.92 Å². The first-order chi connectivity index (χ1) is 12.9. The van der Waals surface area contributed by atoms with Crippen LogP contribution < -0.4 is 15.4 Å². The highest BCUT2D eigenvalue weighted by molar-refractivity contribution is 14.0. The maximum atomic E-state index is 13.3. The standard InChI is InChI=1S/C18H29FN4O3S.HI/c1-3-16(26-17-6-4-5-15(19)13-17)14-22-18(20-2)21-7-8-23-9-11-27(24,25)12-10-23;/h4-6,13,16H,3,7-12,14H2,1-2H3,(H2,20,21,22);1H. The highest BCUT2D eigenvalue weighted by Gasteiger charge is 2.21. The molecule has 0 aromatic heterocycles. The lowest BCUT2D eigenvalue weighted by Gasteiger charge is -2.27. The number of benzene rings is 1. The molecule has 0 spiro atoms. The molecule has 0 radical (unpaired) electrons. The fraction of sp³-hybridized carbons (Fsp3) is 0.611. The second-order valence-electron chi connectivity index (χ2n) is 6.48. The van der Waals surface area contributed by atoms with Crippen LogP contribution in [-0.4, -0.2) is 76.7 Å². The lowest BCUT2D eigenvalue weighted by atomic mass is 10.2. The molecule has 2 N–H and O–H groups in total. The van der Waals surface area contributed by atoms with Crippen molar-refractivity contribution in [2.24, 2.45) is 4.99 Å². The summed E-state index contributed by atoms with van der Waals surface area (Å²) in [5, 5.41) is 6.43. The molecule has 10 heteroatoms. The zero-order valence-electron chi connectivity index (χ0n) is 16.4. The van der Waals surface area contributed by atoms with E-state index in [-0.39, 0.29) is 47.4 Å². The molecule has 1 atom stereocenters. The molecule has 1 aliphatic heterocycles. The Hall–Kier alpha value is -1.14. The van der Waals surface area contributed by atoms with Crippen LogP contribution in [0, 0.1) is 5.82 Å². The molecule has 1 unspecified atom stereocenters. The minimum atomic E-state index is -2.85. The summed E-state index contributed by atoms with van der Waals surface area (Å²) >= 11 is 0. The summed E-state index contributed by atoms with van der Waals surface area (Å²) in [6, 6.07) is 6.11. The summed E-state index contributed by atoms with van der Waals surface area (Å²) in [6.07, 6.45) is 0.653. The van der Waals surface area contributed by atoms with Crippen LogP contribution in [-0.2, 0) is 9.84 Å². The Morgan fingerprint density at radius 3 is 2.64 bits per heavy atom. The highest BCUT2D eigenvalue weighted by Crippen LogP contribution is 2.14. The summed E-state index contributed by atoms with van der Waals surface area (Å²) < 4.78 is 42.0. The Morgan fingerprint density at radius 1 is 1.32 bits per heavy atom. The summed E-state index contributed by atoms with van der Waals surface area (Å²) in [6.45, 7) is 5.13. The van der Waals surface area contributed by atoms with Gasteiger partial charge in [-0.3, -0.25) is 9.89 Å². The van der Waals surface area contributed by atoms with Gasteiger partial charge in [-0.25, -0.2) is 12.8 Å². The van der Waals surface area contributed by atoms with Gasteiger partial charge >= 0.3 is 0 Å². The summed E-state index contributed by atoms with van der Waals surface area (Å²) in [4.78, 5) is 6.31. The molecule has 2 rings (SSSR count). The third-order valence-corrected chi connectivity index (χ3v) is 6.04. The van der Waals surface area contributed by atoms with E-state index in [9.17, 15) is 12.8 Å². The maximum absolute atomic E-state index is 13.3. The topological polar surface area (TPSA) is 83.0 Å². The first-order valence-corrected chi connectivity index (χ1v) is 11.0. The van der Waals surface area contributed by atoms with Gasteiger partial charge in [0.05, 0.1) is 18.1 Å². The maximum Gasteiger partial charge on any atom is 0.191 e. The molecule has 1 saturated heterocycles. The second kappa shape index (κ2) is 12.4. The lowest BCUT2D eigenvalue weighted by molar-refractivity contribution is 0.198. The predicted octanol–water partition coefficient (Wildman–Crippen LogP) is 1.50. The van der Waals surface area contributed by atoms with Crippen molar-refractivity contribution in [3.8, 4) is 5.75 Å². The lowest BCUT2D eigenvalue weighted by Crippen LogP contribution is -2.47. The van der Waals surface area contributed by atoms with Crippen molar-refractivity contribution in [1.29, 1.82) is 0 Å². The molecule has 1 aliphatic rings. The molecular weight excluding hydrogens is 498 g/mol. The average molecular weight is 528 g/mol. The predicted molar refractivity (Wildman–Crippen MR) is 121 cm³/mol. The van der Waals surface area contributed by atoms with Crippen molar-refractivity contribution >= 4 is 39.8 Å². The number of guanidine groups is 1. The fourth-order valence-corrected chi connectivity index (χ4v) is 4.02. The van der Waals surface area contributed by atoms with E-state index in [4.69, 9.17) is 4.74 Å². The van der Waals surface area contributed by atoms with Crippen LogP contribution in [0.3, 0.4) is 0 Å². The largest absolute Gasteiger partial charge is 0.489 e. The van der Waals surface area contributed by atoms with Crippen molar-refractivity contribution in [1.82, 2.24) is 15.5 Å². The molecule has 0 saturated carbocycles. The number of nitrogens with zero attached hydrogens (tertiary/aromatic N) is 2. The van der Waals surface area contributed by atoms with Crippen LogP contribution in [0.15, 0.2) is 29.3 Å². The number of aliphatic imine (C=N–C) groups is 1. The Kier molecular flexibility index (Phi) is 11.1. The molecule has 1 fully saturated rings. The third kappa shape index (κ3) is 8.91. The Bertz CT molecular complexity index is 719. The van der Waals surface area contributed by atoms with Gasteiger partial charge in [0.15, 0.2) is 15.8 Å². The Morgan fingerprint density at radius 2 is 2.04 bits per heavy atom. The molecule has 28 heavy (non-hydrogen) atoms. The number of hydrogen-bond donors (Lipinski definition) is 2. The fourth-order valence-electron chi connectivity index (χ4n) is 2.74. The van der Waals surface area contributed by atoms with E-state index in [1.54, 1.807) is 19.2 Å². The van der Waals surface area contributed by atoms with E-state index in [0.29, 0.717) is 37.9 Å². The highest BCUT2D eigenvalue weighted by atomic mass is 127. The van der Waals surface area contributed by atoms with Crippen LogP contribution in [0.2, 0.25) is 0 Å². The number of halogens is 2. The van der Waals surface area contributed by atoms with Crippen molar-refractivity contribution in [2.45, 2.75) is 19.4 Å². The van der Waals surface area contributed by atoms with Gasteiger partial charge in [-0.2, -0.15) is 0 Å². The monoisotopic (exact) mass is 528 g/mol. The number of rotatable bonds is 8. The van der Waals surface area contributed by atoms with Crippen molar-refractivity contribution in [3.63, 3.8) is 0 Å². The van der Waals surface area contributed by atoms with Crippen LogP contribution >= 0.6 is 24.0 Å². The number of sulfone groups is 1. The smallest absolute Gasteiger partial charge is 0.191 e. The first kappa shape index (κ1) is 24.9. The first-order valence-electron chi connectivity index (χ1n) is 9.21. The van der Waals surface area contributed by atoms with Crippen molar-refractivity contribution < 1.29 is 17.5 Å². The Balaban J connectivity index is 0.00000392. The van der Waals surface area contributed by atoms with Crippen LogP contribution in [0.4, 0.5) is 4.39 Å². The summed E-state index contributed by atoms with van der Waals surface area (Å²) in [5.74, 6) is 1.30. The molecule has 160 valence electrons. The minimum absolute atomic E-state index is 0. The van der Waals surface area contributed by atoms with Gasteiger partial charge < -0.3 is 15.4 Å². The van der Waals surface area contributed by atoms with Crippen LogP contribution in [0.25, 0.3) is 0 Å². The zero-order chi connectivity index (χ0) is 19.7. The van der Waals surface area contributed by atoms with Gasteiger partial charge in [0.25, 0.3) is 0 Å². The molecule has 1 aromatic rings. The van der Waals surface area contributed by atoms with Gasteiger partial charge in [0.2, 0.25) is 0 Å². The molecular formula is C18H30FIN4O3S. The molecule has 7 nitrogen and oxygen atoms in total. The summed E-state index contributed by atoms with van der Waals surface area (Å²) in [5.41, 5.74) is 0. The summed E-state index contributed by atoms with van der Waals surface area (Å²) in [7, 11) is -1.16. The van der Waals surface area contributed by atoms with E-state index in [0.717, 1.165) is 13.0 Å². The molecule has 0 aliphatic carbocycles. The Labute approximate surface area is 184 Å². The SMILES string of the molecule is CCC(CNC(=NC)NCCN1CCS(=O)(=O)CC1)Oc1cccc(F)c1.I. The van der Waals surface area contributed by atoms with E-state index in [1.165, 1.54) is 12.1 Å². The number of nitrogens with one attached hydrogen (secondary N) is 2. The van der Waals surface area contributed by atoms with Crippen LogP contribution in [0.1, 0.15) is 13.3 Å². The second-order valence-corrected chi connectivity index (χ2v) is 8.78. The van der Waals surface area contributed by atoms with Gasteiger partial charge in [-0.15, -0.1) is 24.0 Å². The van der Waals surface area contributed by atoms with Crippen molar-refractivity contribution in [2.75, 3.05) is 51.3 Å². The quantitative estimate of drug-likeness (QED) is 0.303. The minimum Gasteiger partial charge on any atom is -0.489 e. The number of ether oxygens (including phenoxy) is 1. The van der Waals surface area contributed by atoms with Gasteiger partial charge in [-0.05, 0) is 18.6 Å². The van der Waals surface area contributed by atoms with E-state index >= 15 is 0 Å². The third-order valence-electron chi connectivity index (χ3n) is 4.43. The molecule has 1 aromatic carbocycles.